The van der Waals surface area contributed by atoms with Crippen molar-refractivity contribution in [2.75, 3.05) is 6.54 Å². The third kappa shape index (κ3) is 3.50. The Morgan fingerprint density at radius 3 is 2.62 bits per heavy atom. The Labute approximate surface area is 126 Å². The molecule has 0 aliphatic rings. The molecule has 1 atom stereocenters. The maximum absolute atomic E-state index is 14.3. The summed E-state index contributed by atoms with van der Waals surface area (Å²) in [7, 11) is 0. The van der Waals surface area contributed by atoms with E-state index < -0.39 is 0 Å². The van der Waals surface area contributed by atoms with Crippen LogP contribution in [0.2, 0.25) is 0 Å². The highest BCUT2D eigenvalue weighted by molar-refractivity contribution is 5.43. The minimum absolute atomic E-state index is 0.0855. The topological polar surface area (TPSA) is 29.9 Å². The molecule has 2 rings (SSSR count). The van der Waals surface area contributed by atoms with Crippen LogP contribution in [0.25, 0.3) is 5.69 Å². The fraction of sp³-hybridized carbons (Fsp3) is 0.471. The van der Waals surface area contributed by atoms with Crippen LogP contribution in [0.15, 0.2) is 30.5 Å². The highest BCUT2D eigenvalue weighted by atomic mass is 19.1. The maximum atomic E-state index is 14.3. The molecule has 0 spiro atoms. The summed E-state index contributed by atoms with van der Waals surface area (Å²) in [5, 5.41) is 7.92. The molecule has 1 aromatic carbocycles. The number of nitrogens with zero attached hydrogens (tertiary/aromatic N) is 2. The van der Waals surface area contributed by atoms with Crippen molar-refractivity contribution in [3.8, 4) is 5.69 Å². The third-order valence-corrected chi connectivity index (χ3v) is 3.62. The fourth-order valence-electron chi connectivity index (χ4n) is 2.36. The highest BCUT2D eigenvalue weighted by Crippen LogP contribution is 2.25. The molecule has 0 saturated carbocycles. The third-order valence-electron chi connectivity index (χ3n) is 3.62. The summed E-state index contributed by atoms with van der Waals surface area (Å²) in [5.41, 5.74) is 2.45. The average Bonchev–Trinajstić information content (AvgIpc) is 2.94. The van der Waals surface area contributed by atoms with E-state index in [1.807, 2.05) is 18.3 Å². The fourth-order valence-corrected chi connectivity index (χ4v) is 2.36. The lowest BCUT2D eigenvalue weighted by Crippen LogP contribution is -2.21. The molecule has 0 fully saturated rings. The van der Waals surface area contributed by atoms with Gasteiger partial charge < -0.3 is 5.32 Å². The first kappa shape index (κ1) is 15.7. The van der Waals surface area contributed by atoms with Gasteiger partial charge in [0.25, 0.3) is 0 Å². The Morgan fingerprint density at radius 2 is 2.00 bits per heavy atom. The van der Waals surface area contributed by atoms with Gasteiger partial charge in [0.1, 0.15) is 11.5 Å². The largest absolute Gasteiger partial charge is 0.310 e. The lowest BCUT2D eigenvalue weighted by molar-refractivity contribution is 0.552. The van der Waals surface area contributed by atoms with Crippen LogP contribution in [-0.2, 0) is 0 Å². The molecule has 0 aliphatic carbocycles. The molecule has 0 radical (unpaired) electrons. The average molecular weight is 289 g/mol. The van der Waals surface area contributed by atoms with E-state index in [2.05, 4.69) is 38.1 Å². The first-order chi connectivity index (χ1) is 10.0. The van der Waals surface area contributed by atoms with Crippen LogP contribution < -0.4 is 5.32 Å². The van der Waals surface area contributed by atoms with Gasteiger partial charge in [0.15, 0.2) is 0 Å². The molecule has 2 aromatic rings. The van der Waals surface area contributed by atoms with Gasteiger partial charge in [0, 0.05) is 12.2 Å². The van der Waals surface area contributed by atoms with Gasteiger partial charge in [-0.1, -0.05) is 32.9 Å². The number of benzene rings is 1. The first-order valence-corrected chi connectivity index (χ1v) is 7.62. The summed E-state index contributed by atoms with van der Waals surface area (Å²) in [6.45, 7) is 9.25. The molecule has 0 aliphatic heterocycles. The quantitative estimate of drug-likeness (QED) is 0.864. The van der Waals surface area contributed by atoms with Gasteiger partial charge in [-0.3, -0.25) is 0 Å². The lowest BCUT2D eigenvalue weighted by atomic mass is 10.1. The minimum Gasteiger partial charge on any atom is -0.310 e. The van der Waals surface area contributed by atoms with E-state index in [1.165, 1.54) is 6.07 Å². The predicted octanol–water partition coefficient (Wildman–Crippen LogP) is 4.20. The predicted molar refractivity (Wildman–Crippen MR) is 84.3 cm³/mol. The molecular formula is C17H24FN3. The van der Waals surface area contributed by atoms with Crippen molar-refractivity contribution in [2.24, 2.45) is 0 Å². The van der Waals surface area contributed by atoms with Crippen molar-refractivity contribution in [3.05, 3.63) is 47.5 Å². The second kappa shape index (κ2) is 6.85. The van der Waals surface area contributed by atoms with Crippen molar-refractivity contribution < 1.29 is 4.39 Å². The highest BCUT2D eigenvalue weighted by Gasteiger charge is 2.17. The Balaban J connectivity index is 2.41. The van der Waals surface area contributed by atoms with Crippen LogP contribution in [0.4, 0.5) is 4.39 Å². The Hall–Kier alpha value is -1.68. The molecule has 1 heterocycles. The Bertz CT molecular complexity index is 589. The molecule has 4 heteroatoms. The Kier molecular flexibility index (Phi) is 5.12. The molecule has 1 aromatic heterocycles. The molecule has 0 saturated heterocycles. The van der Waals surface area contributed by atoms with E-state index >= 15 is 0 Å². The van der Waals surface area contributed by atoms with Crippen LogP contribution in [0.1, 0.15) is 57.3 Å². The van der Waals surface area contributed by atoms with Crippen molar-refractivity contribution >= 4 is 0 Å². The van der Waals surface area contributed by atoms with Crippen LogP contribution in [0.3, 0.4) is 0 Å². The van der Waals surface area contributed by atoms with Gasteiger partial charge in [0.05, 0.1) is 5.69 Å². The second-order valence-corrected chi connectivity index (χ2v) is 5.69. The zero-order valence-corrected chi connectivity index (χ0v) is 13.2. The molecular weight excluding hydrogens is 265 g/mol. The van der Waals surface area contributed by atoms with Crippen LogP contribution in [0, 0.1) is 5.82 Å². The van der Waals surface area contributed by atoms with Gasteiger partial charge in [-0.05, 0) is 43.5 Å². The van der Waals surface area contributed by atoms with Crippen molar-refractivity contribution in [1.82, 2.24) is 15.1 Å². The van der Waals surface area contributed by atoms with E-state index in [-0.39, 0.29) is 11.9 Å². The molecule has 21 heavy (non-hydrogen) atoms. The molecule has 1 unspecified atom stereocenters. The number of halogens is 1. The van der Waals surface area contributed by atoms with E-state index in [4.69, 9.17) is 0 Å². The zero-order valence-electron chi connectivity index (χ0n) is 13.2. The van der Waals surface area contributed by atoms with E-state index in [0.29, 0.717) is 11.6 Å². The van der Waals surface area contributed by atoms with Crippen LogP contribution in [0.5, 0.6) is 0 Å². The zero-order chi connectivity index (χ0) is 15.4. The number of nitrogens with one attached hydrogen (secondary N) is 1. The number of rotatable bonds is 6. The van der Waals surface area contributed by atoms with Gasteiger partial charge in [0.2, 0.25) is 0 Å². The van der Waals surface area contributed by atoms with E-state index in [9.17, 15) is 4.39 Å². The van der Waals surface area contributed by atoms with Crippen LogP contribution in [-0.4, -0.2) is 16.3 Å². The van der Waals surface area contributed by atoms with E-state index in [0.717, 1.165) is 24.2 Å². The standard InChI is InChI=1S/C17H24FN3/c1-5-10-19-13(4)14-7-6-8-15(18)17(14)21-11-9-16(20-21)12(2)3/h6-9,11-13,19H,5,10H2,1-4H3. The molecule has 114 valence electrons. The number of hydrogen-bond donors (Lipinski definition) is 1. The maximum Gasteiger partial charge on any atom is 0.149 e. The summed E-state index contributed by atoms with van der Waals surface area (Å²) >= 11 is 0. The van der Waals surface area contributed by atoms with Crippen LogP contribution >= 0.6 is 0 Å². The van der Waals surface area contributed by atoms with Crippen molar-refractivity contribution in [1.29, 1.82) is 0 Å². The van der Waals surface area contributed by atoms with E-state index in [1.54, 1.807) is 10.7 Å². The number of hydrogen-bond acceptors (Lipinski definition) is 2. The summed E-state index contributed by atoms with van der Waals surface area (Å²) in [6.07, 6.45) is 2.89. The normalized spacial score (nSPS) is 12.9. The smallest absolute Gasteiger partial charge is 0.149 e. The van der Waals surface area contributed by atoms with Crippen molar-refractivity contribution in [2.45, 2.75) is 46.1 Å². The molecule has 1 N–H and O–H groups in total. The second-order valence-electron chi connectivity index (χ2n) is 5.69. The number of para-hydroxylation sites is 1. The number of aromatic nitrogens is 2. The first-order valence-electron chi connectivity index (χ1n) is 7.62. The van der Waals surface area contributed by atoms with Gasteiger partial charge in [-0.25, -0.2) is 9.07 Å². The summed E-state index contributed by atoms with van der Waals surface area (Å²) < 4.78 is 16.0. The molecule has 0 bridgehead atoms. The van der Waals surface area contributed by atoms with Gasteiger partial charge in [-0.2, -0.15) is 5.10 Å². The van der Waals surface area contributed by atoms with Gasteiger partial charge >= 0.3 is 0 Å². The molecule has 0 amide bonds. The summed E-state index contributed by atoms with van der Waals surface area (Å²) in [6, 6.07) is 7.24. The lowest BCUT2D eigenvalue weighted by Gasteiger charge is -2.18. The Morgan fingerprint density at radius 1 is 1.24 bits per heavy atom. The SMILES string of the molecule is CCCNC(C)c1cccc(F)c1-n1ccc(C(C)C)n1. The monoisotopic (exact) mass is 289 g/mol. The summed E-state index contributed by atoms with van der Waals surface area (Å²) in [4.78, 5) is 0. The molecule has 3 nitrogen and oxygen atoms in total. The summed E-state index contributed by atoms with van der Waals surface area (Å²) in [5.74, 6) is 0.0909. The van der Waals surface area contributed by atoms with Gasteiger partial charge in [-0.15, -0.1) is 0 Å². The van der Waals surface area contributed by atoms with Crippen molar-refractivity contribution in [3.63, 3.8) is 0 Å². The minimum atomic E-state index is -0.240.